The summed E-state index contributed by atoms with van der Waals surface area (Å²) in [7, 11) is 0. The number of benzene rings is 3. The minimum atomic E-state index is -0.638. The summed E-state index contributed by atoms with van der Waals surface area (Å²) in [4.78, 5) is 58.9. The van der Waals surface area contributed by atoms with Crippen LogP contribution in [0.25, 0.3) is 5.57 Å². The number of fused-ring (bicyclic) bond motifs is 1. The highest BCUT2D eigenvalue weighted by atomic mass is 35.5. The first-order chi connectivity index (χ1) is 20.3. The molecule has 8 heteroatoms. The summed E-state index contributed by atoms with van der Waals surface area (Å²) in [5.41, 5.74) is 3.87. The number of hydrogen-bond donors (Lipinski definition) is 0. The molecule has 0 N–H and O–H groups in total. The topological polar surface area (TPSA) is 74.8 Å². The van der Waals surface area contributed by atoms with Gasteiger partial charge in [0.25, 0.3) is 0 Å². The predicted molar refractivity (Wildman–Crippen MR) is 159 cm³/mol. The molecule has 6 aliphatic rings. The monoisotopic (exact) mass is 594 g/mol. The summed E-state index contributed by atoms with van der Waals surface area (Å²) < 4.78 is 0. The van der Waals surface area contributed by atoms with E-state index in [1.807, 2.05) is 42.5 Å². The second-order valence-electron chi connectivity index (χ2n) is 11.7. The maximum atomic E-state index is 14.2. The van der Waals surface area contributed by atoms with Crippen LogP contribution in [0.15, 0.2) is 96.6 Å². The lowest BCUT2D eigenvalue weighted by Crippen LogP contribution is -2.51. The Morgan fingerprint density at radius 1 is 0.595 bits per heavy atom. The van der Waals surface area contributed by atoms with Crippen molar-refractivity contribution in [2.75, 3.05) is 9.80 Å². The molecule has 6 nitrogen and oxygen atoms in total. The molecule has 208 valence electrons. The van der Waals surface area contributed by atoms with Gasteiger partial charge in [0, 0.05) is 21.9 Å². The molecule has 42 heavy (non-hydrogen) atoms. The van der Waals surface area contributed by atoms with Crippen molar-refractivity contribution in [1.82, 2.24) is 0 Å². The second kappa shape index (κ2) is 9.25. The molecule has 4 amide bonds. The van der Waals surface area contributed by atoms with Crippen LogP contribution in [0.4, 0.5) is 11.4 Å². The number of hydrogen-bond acceptors (Lipinski definition) is 4. The Morgan fingerprint density at radius 3 is 1.83 bits per heavy atom. The molecule has 2 aliphatic heterocycles. The number of amides is 4. The lowest BCUT2D eigenvalue weighted by atomic mass is 9.49. The van der Waals surface area contributed by atoms with E-state index in [0.717, 1.165) is 16.7 Å². The maximum absolute atomic E-state index is 14.2. The molecule has 3 aromatic carbocycles. The molecule has 1 saturated carbocycles. The molecular formula is C34H24Cl2N2O4. The van der Waals surface area contributed by atoms with Gasteiger partial charge in [-0.2, -0.15) is 0 Å². The molecule has 4 aliphatic carbocycles. The third-order valence-corrected chi connectivity index (χ3v) is 10.2. The Morgan fingerprint density at radius 2 is 1.19 bits per heavy atom. The third-order valence-electron chi connectivity index (χ3n) is 9.76. The highest BCUT2D eigenvalue weighted by molar-refractivity contribution is 6.32. The quantitative estimate of drug-likeness (QED) is 0.267. The lowest BCUT2D eigenvalue weighted by Gasteiger charge is -2.51. The molecule has 0 spiro atoms. The zero-order valence-corrected chi connectivity index (χ0v) is 23.7. The van der Waals surface area contributed by atoms with Crippen molar-refractivity contribution in [3.05, 3.63) is 112 Å². The van der Waals surface area contributed by atoms with E-state index in [1.54, 1.807) is 48.5 Å². The highest BCUT2D eigenvalue weighted by Crippen LogP contribution is 2.63. The summed E-state index contributed by atoms with van der Waals surface area (Å²) in [5, 5.41) is 0.872. The van der Waals surface area contributed by atoms with Crippen molar-refractivity contribution in [2.45, 2.75) is 6.42 Å². The van der Waals surface area contributed by atoms with Gasteiger partial charge in [0.1, 0.15) is 0 Å². The van der Waals surface area contributed by atoms with E-state index in [9.17, 15) is 19.2 Å². The molecule has 9 rings (SSSR count). The Labute approximate surface area is 252 Å². The predicted octanol–water partition coefficient (Wildman–Crippen LogP) is 6.19. The fraction of sp³-hybridized carbons (Fsp3) is 0.235. The van der Waals surface area contributed by atoms with Crippen molar-refractivity contribution in [2.24, 2.45) is 41.4 Å². The third kappa shape index (κ3) is 3.45. The largest absolute Gasteiger partial charge is 0.274 e. The van der Waals surface area contributed by atoms with Gasteiger partial charge in [-0.3, -0.25) is 19.2 Å². The summed E-state index contributed by atoms with van der Waals surface area (Å²) in [6.07, 6.45) is 4.44. The van der Waals surface area contributed by atoms with Gasteiger partial charge < -0.3 is 0 Å². The van der Waals surface area contributed by atoms with Crippen LogP contribution in [-0.2, 0) is 19.2 Å². The summed E-state index contributed by atoms with van der Waals surface area (Å²) in [5.74, 6) is -4.63. The summed E-state index contributed by atoms with van der Waals surface area (Å²) in [6, 6.07) is 23.4. The number of rotatable bonds is 3. The number of carbonyl (C=O) groups is 4. The summed E-state index contributed by atoms with van der Waals surface area (Å²) in [6.45, 7) is 0. The molecule has 0 aromatic heterocycles. The van der Waals surface area contributed by atoms with Crippen molar-refractivity contribution >= 4 is 63.8 Å². The van der Waals surface area contributed by atoms with E-state index in [-0.39, 0.29) is 35.5 Å². The van der Waals surface area contributed by atoms with Gasteiger partial charge >= 0.3 is 0 Å². The van der Waals surface area contributed by atoms with Crippen molar-refractivity contribution in [3.8, 4) is 0 Å². The number of nitrogens with zero attached hydrogens (tertiary/aromatic N) is 2. The van der Waals surface area contributed by atoms with Gasteiger partial charge in [0.15, 0.2) is 0 Å². The SMILES string of the molecule is O=C1[C@@H]2[C@@H]3C=C[C@H](C4=C(c5ccccc5)C[C@H]5C(=O)N(c6cccc(Cl)c6)C(=O)[C@@H]5[C@H]43)[C@H]2C(=O)N1c1cccc(Cl)c1. The fourth-order valence-corrected chi connectivity index (χ4v) is 8.62. The molecule has 2 bridgehead atoms. The lowest BCUT2D eigenvalue weighted by molar-refractivity contribution is -0.129. The van der Waals surface area contributed by atoms with Gasteiger partial charge in [-0.25, -0.2) is 9.80 Å². The molecule has 2 heterocycles. The Bertz CT molecular complexity index is 1780. The van der Waals surface area contributed by atoms with Crippen LogP contribution in [0.1, 0.15) is 12.0 Å². The van der Waals surface area contributed by atoms with Gasteiger partial charge in [-0.15, -0.1) is 0 Å². The second-order valence-corrected chi connectivity index (χ2v) is 12.6. The average molecular weight is 595 g/mol. The Kier molecular flexibility index (Phi) is 5.66. The summed E-state index contributed by atoms with van der Waals surface area (Å²) >= 11 is 12.5. The molecule has 3 fully saturated rings. The zero-order valence-electron chi connectivity index (χ0n) is 22.2. The molecule has 3 aromatic rings. The van der Waals surface area contributed by atoms with Crippen LogP contribution >= 0.6 is 23.2 Å². The number of allylic oxidation sites excluding steroid dienone is 4. The van der Waals surface area contributed by atoms with E-state index in [1.165, 1.54) is 9.80 Å². The molecule has 0 unspecified atom stereocenters. The van der Waals surface area contributed by atoms with E-state index >= 15 is 0 Å². The number of halogens is 2. The number of carbonyl (C=O) groups excluding carboxylic acids is 4. The van der Waals surface area contributed by atoms with Crippen LogP contribution < -0.4 is 9.80 Å². The maximum Gasteiger partial charge on any atom is 0.238 e. The average Bonchev–Trinajstić information content (AvgIpc) is 3.42. The normalized spacial score (nSPS) is 31.1. The van der Waals surface area contributed by atoms with Crippen LogP contribution in [0.2, 0.25) is 10.0 Å². The van der Waals surface area contributed by atoms with Crippen molar-refractivity contribution < 1.29 is 19.2 Å². The van der Waals surface area contributed by atoms with Gasteiger partial charge in [0.05, 0.1) is 35.0 Å². The fourth-order valence-electron chi connectivity index (χ4n) is 8.26. The van der Waals surface area contributed by atoms with Gasteiger partial charge in [-0.05, 0) is 59.9 Å². The highest BCUT2D eigenvalue weighted by Gasteiger charge is 2.67. The number of imide groups is 2. The van der Waals surface area contributed by atoms with Crippen molar-refractivity contribution in [1.29, 1.82) is 0 Å². The van der Waals surface area contributed by atoms with E-state index < -0.39 is 29.6 Å². The van der Waals surface area contributed by atoms with Crippen LogP contribution in [-0.4, -0.2) is 23.6 Å². The first-order valence-corrected chi connectivity index (χ1v) is 14.8. The molecule has 7 atom stereocenters. The molecule has 0 radical (unpaired) electrons. The van der Waals surface area contributed by atoms with Gasteiger partial charge in [0.2, 0.25) is 23.6 Å². The van der Waals surface area contributed by atoms with Crippen LogP contribution in [0.3, 0.4) is 0 Å². The zero-order chi connectivity index (χ0) is 28.9. The minimum Gasteiger partial charge on any atom is -0.274 e. The minimum absolute atomic E-state index is 0.249. The number of anilines is 2. The first kappa shape index (κ1) is 25.7. The van der Waals surface area contributed by atoms with E-state index in [0.29, 0.717) is 27.8 Å². The van der Waals surface area contributed by atoms with Crippen molar-refractivity contribution in [3.63, 3.8) is 0 Å². The van der Waals surface area contributed by atoms with Crippen LogP contribution in [0.5, 0.6) is 0 Å². The smallest absolute Gasteiger partial charge is 0.238 e. The molecule has 2 saturated heterocycles. The van der Waals surface area contributed by atoms with E-state index in [2.05, 4.69) is 0 Å². The molecular weight excluding hydrogens is 571 g/mol. The van der Waals surface area contributed by atoms with E-state index in [4.69, 9.17) is 23.2 Å². The standard InChI is InChI=1S/C34H24Cl2N2O4/c35-18-8-4-10-20(14-18)37-31(39)25-16-24(17-6-2-1-3-7-17)26-22-12-13-23(27(26)30(25)34(37)42)29-28(22)32(40)38(33(29)41)21-11-5-9-19(36)15-21/h1-15,22-23,25,27-30H,16H2/t22-,23-,25-,27+,28-,29-,30+/m1/s1. The van der Waals surface area contributed by atoms with Gasteiger partial charge in [-0.1, -0.05) is 83.4 Å². The first-order valence-electron chi connectivity index (χ1n) is 14.1. The Balaban J connectivity index is 1.29. The van der Waals surface area contributed by atoms with Crippen LogP contribution in [0, 0.1) is 41.4 Å². The Hall–Kier alpha value is -4.00.